The molecule has 232 valence electrons. The monoisotopic (exact) mass is 612 g/mol. The fourth-order valence-electron chi connectivity index (χ4n) is 5.65. The lowest BCUT2D eigenvalue weighted by atomic mass is 10.0. The Kier molecular flexibility index (Phi) is 8.77. The van der Waals surface area contributed by atoms with Gasteiger partial charge in [-0.2, -0.15) is 0 Å². The minimum Gasteiger partial charge on any atom is -0.493 e. The molecule has 10 nitrogen and oxygen atoms in total. The maximum Gasteiger partial charge on any atom is 0.272 e. The van der Waals surface area contributed by atoms with Crippen molar-refractivity contribution in [3.05, 3.63) is 95.6 Å². The predicted octanol–water partition coefficient (Wildman–Crippen LogP) is 3.80. The van der Waals surface area contributed by atoms with Crippen LogP contribution in [0.4, 0.5) is 4.39 Å². The molecule has 0 unspecified atom stereocenters. The van der Waals surface area contributed by atoms with Crippen molar-refractivity contribution >= 4 is 28.5 Å². The van der Waals surface area contributed by atoms with Gasteiger partial charge in [-0.1, -0.05) is 30.3 Å². The van der Waals surface area contributed by atoms with Gasteiger partial charge in [0.2, 0.25) is 5.91 Å². The first-order chi connectivity index (χ1) is 21.8. The van der Waals surface area contributed by atoms with E-state index in [4.69, 9.17) is 14.2 Å². The minimum atomic E-state index is -0.641. The number of aryl methyl sites for hydroxylation is 1. The molecule has 0 saturated carbocycles. The number of carbonyl (C=O) groups excluding carboxylic acids is 3. The Morgan fingerprint density at radius 2 is 1.84 bits per heavy atom. The summed E-state index contributed by atoms with van der Waals surface area (Å²) in [5.41, 5.74) is 1.66. The number of aromatic nitrogens is 1. The van der Waals surface area contributed by atoms with E-state index in [0.717, 1.165) is 16.3 Å². The van der Waals surface area contributed by atoms with Gasteiger partial charge < -0.3 is 29.7 Å². The number of piperidine rings is 1. The quantitative estimate of drug-likeness (QED) is 0.354. The Morgan fingerprint density at radius 3 is 2.69 bits per heavy atom. The predicted molar refractivity (Wildman–Crippen MR) is 164 cm³/mol. The van der Waals surface area contributed by atoms with Gasteiger partial charge in [-0.05, 0) is 53.3 Å². The molecule has 4 bridgehead atoms. The van der Waals surface area contributed by atoms with E-state index < -0.39 is 23.9 Å². The second-order valence-electron chi connectivity index (χ2n) is 11.1. The lowest BCUT2D eigenvalue weighted by Gasteiger charge is -2.38. The third-order valence-electron chi connectivity index (χ3n) is 7.97. The van der Waals surface area contributed by atoms with Crippen molar-refractivity contribution in [1.82, 2.24) is 20.5 Å². The number of halogens is 1. The molecule has 2 aliphatic heterocycles. The molecule has 3 amide bonds. The van der Waals surface area contributed by atoms with E-state index in [1.165, 1.54) is 19.2 Å². The van der Waals surface area contributed by atoms with Crippen molar-refractivity contribution in [2.24, 2.45) is 0 Å². The van der Waals surface area contributed by atoms with Crippen LogP contribution in [0.1, 0.15) is 34.5 Å². The second-order valence-corrected chi connectivity index (χ2v) is 11.1. The molecule has 1 aromatic heterocycles. The fraction of sp³-hybridized carbons (Fsp3) is 0.294. The number of hydrogen-bond acceptors (Lipinski definition) is 7. The Balaban J connectivity index is 1.27. The maximum absolute atomic E-state index is 14.6. The molecule has 45 heavy (non-hydrogen) atoms. The number of methoxy groups -OCH3 is 1. The van der Waals surface area contributed by atoms with Crippen molar-refractivity contribution in [2.75, 3.05) is 26.8 Å². The smallest absolute Gasteiger partial charge is 0.272 e. The van der Waals surface area contributed by atoms with Crippen molar-refractivity contribution in [2.45, 2.75) is 38.0 Å². The number of nitrogens with one attached hydrogen (secondary N) is 2. The van der Waals surface area contributed by atoms with Gasteiger partial charge in [0.25, 0.3) is 11.8 Å². The molecular weight excluding hydrogens is 579 g/mol. The molecule has 2 aliphatic rings. The first-order valence-electron chi connectivity index (χ1n) is 14.8. The molecule has 0 aliphatic carbocycles. The summed E-state index contributed by atoms with van der Waals surface area (Å²) in [6.07, 6.45) is 2.09. The van der Waals surface area contributed by atoms with Crippen LogP contribution < -0.4 is 24.8 Å². The van der Waals surface area contributed by atoms with E-state index >= 15 is 0 Å². The van der Waals surface area contributed by atoms with E-state index in [1.54, 1.807) is 35.4 Å². The number of likely N-dealkylation sites (tertiary alicyclic amines) is 1. The number of carbonyl (C=O) groups is 3. The summed E-state index contributed by atoms with van der Waals surface area (Å²) in [6, 6.07) is 18.3. The van der Waals surface area contributed by atoms with Gasteiger partial charge in [-0.15, -0.1) is 0 Å². The highest BCUT2D eigenvalue weighted by Crippen LogP contribution is 2.29. The van der Waals surface area contributed by atoms with Crippen molar-refractivity contribution < 1.29 is 33.0 Å². The van der Waals surface area contributed by atoms with Crippen LogP contribution in [0.2, 0.25) is 0 Å². The zero-order chi connectivity index (χ0) is 31.3. The second kappa shape index (κ2) is 13.2. The topological polar surface area (TPSA) is 119 Å². The average Bonchev–Trinajstić information content (AvgIpc) is 3.05. The van der Waals surface area contributed by atoms with Gasteiger partial charge >= 0.3 is 0 Å². The van der Waals surface area contributed by atoms with Gasteiger partial charge in [-0.3, -0.25) is 19.4 Å². The number of pyridine rings is 1. The Bertz CT molecular complexity index is 1750. The zero-order valence-corrected chi connectivity index (χ0v) is 24.8. The van der Waals surface area contributed by atoms with Crippen LogP contribution in [-0.4, -0.2) is 66.6 Å². The van der Waals surface area contributed by atoms with Crippen LogP contribution in [0.5, 0.6) is 17.2 Å². The number of ether oxygens (including phenoxy) is 3. The number of fused-ring (bicyclic) bond motifs is 6. The summed E-state index contributed by atoms with van der Waals surface area (Å²) >= 11 is 0. The molecule has 1 fully saturated rings. The van der Waals surface area contributed by atoms with Crippen molar-refractivity contribution in [3.8, 4) is 17.2 Å². The van der Waals surface area contributed by atoms with Crippen LogP contribution in [-0.2, 0) is 22.6 Å². The standard InChI is InChI=1S/C34H33FN4O6/c1-43-30-8-6-21-7-9-32(40)37-17-22-12-25(35)16-26(13-22)45-29-10-11-39(19-28(29)38-33(41)20-44-31(30)14-21)34(42)27-15-23-4-2-3-5-24(23)18-36-27/h2-6,8,12-16,18,28-29H,7,9-11,17,19-20H2,1H3,(H,37,40)(H,38,41)/t28-,29-/m1/s1. The molecule has 6 rings (SSSR count). The largest absolute Gasteiger partial charge is 0.493 e. The fourth-order valence-corrected chi connectivity index (χ4v) is 5.65. The number of rotatable bonds is 2. The Hall–Kier alpha value is -5.19. The molecule has 0 spiro atoms. The van der Waals surface area contributed by atoms with Crippen molar-refractivity contribution in [1.29, 1.82) is 0 Å². The highest BCUT2D eigenvalue weighted by molar-refractivity contribution is 5.96. The van der Waals surface area contributed by atoms with Crippen LogP contribution in [0.3, 0.4) is 0 Å². The van der Waals surface area contributed by atoms with E-state index in [1.807, 2.05) is 30.3 Å². The summed E-state index contributed by atoms with van der Waals surface area (Å²) in [4.78, 5) is 45.4. The van der Waals surface area contributed by atoms with E-state index in [0.29, 0.717) is 42.1 Å². The van der Waals surface area contributed by atoms with Gasteiger partial charge in [0.1, 0.15) is 23.4 Å². The SMILES string of the molecule is COc1ccc2cc1OCC(=O)N[C@@H]1CN(C(=O)c3cc4ccccc4cn3)CC[C@H]1Oc1cc(F)cc(c1)CNC(=O)CC2. The average molecular weight is 613 g/mol. The molecule has 0 radical (unpaired) electrons. The molecule has 3 heterocycles. The Morgan fingerprint density at radius 1 is 1.00 bits per heavy atom. The zero-order valence-electron chi connectivity index (χ0n) is 24.8. The van der Waals surface area contributed by atoms with Crippen LogP contribution in [0.25, 0.3) is 10.8 Å². The molecular formula is C34H33FN4O6. The number of amides is 3. The maximum atomic E-state index is 14.6. The first-order valence-corrected chi connectivity index (χ1v) is 14.8. The summed E-state index contributed by atoms with van der Waals surface area (Å²) in [5, 5.41) is 7.63. The summed E-state index contributed by atoms with van der Waals surface area (Å²) in [7, 11) is 1.51. The number of hydrogen-bond donors (Lipinski definition) is 2. The summed E-state index contributed by atoms with van der Waals surface area (Å²) in [6.45, 7) is 0.271. The molecule has 2 atom stereocenters. The van der Waals surface area contributed by atoms with Gasteiger partial charge in [0, 0.05) is 50.1 Å². The number of benzene rings is 3. The molecule has 11 heteroatoms. The van der Waals surface area contributed by atoms with E-state index in [-0.39, 0.29) is 43.7 Å². The number of nitrogens with zero attached hydrogens (tertiary/aromatic N) is 2. The highest BCUT2D eigenvalue weighted by Gasteiger charge is 2.35. The van der Waals surface area contributed by atoms with E-state index in [9.17, 15) is 18.8 Å². The van der Waals surface area contributed by atoms with Gasteiger partial charge in [-0.25, -0.2) is 4.39 Å². The normalized spacial score (nSPS) is 19.1. The van der Waals surface area contributed by atoms with Crippen LogP contribution >= 0.6 is 0 Å². The highest BCUT2D eigenvalue weighted by atomic mass is 19.1. The third kappa shape index (κ3) is 7.14. The van der Waals surface area contributed by atoms with Crippen LogP contribution in [0.15, 0.2) is 72.9 Å². The molecule has 1 saturated heterocycles. The lowest BCUT2D eigenvalue weighted by molar-refractivity contribution is -0.125. The van der Waals surface area contributed by atoms with Gasteiger partial charge in [0.15, 0.2) is 18.1 Å². The lowest BCUT2D eigenvalue weighted by Crippen LogP contribution is -2.58. The third-order valence-corrected chi connectivity index (χ3v) is 7.97. The minimum absolute atomic E-state index is 0.121. The Labute approximate surface area is 259 Å². The molecule has 4 aromatic rings. The summed E-state index contributed by atoms with van der Waals surface area (Å²) < 4.78 is 32.1. The molecule has 2 N–H and O–H groups in total. The van der Waals surface area contributed by atoms with Gasteiger partial charge in [0.05, 0.1) is 13.2 Å². The van der Waals surface area contributed by atoms with Crippen molar-refractivity contribution in [3.63, 3.8) is 0 Å². The molecule has 3 aromatic carbocycles. The van der Waals surface area contributed by atoms with E-state index in [2.05, 4.69) is 15.6 Å². The summed E-state index contributed by atoms with van der Waals surface area (Å²) in [5.74, 6) is -0.331. The van der Waals surface area contributed by atoms with Crippen LogP contribution in [0, 0.1) is 5.82 Å². The first kappa shape index (κ1) is 29.9.